The van der Waals surface area contributed by atoms with Crippen LogP contribution in [0.5, 0.6) is 0 Å². The van der Waals surface area contributed by atoms with Crippen LogP contribution in [0.3, 0.4) is 0 Å². The molecule has 7 heteroatoms. The molecule has 28 heavy (non-hydrogen) atoms. The third kappa shape index (κ3) is 3.21. The minimum atomic E-state index is 0.0276. The van der Waals surface area contributed by atoms with Gasteiger partial charge in [0.1, 0.15) is 5.69 Å². The van der Waals surface area contributed by atoms with Crippen molar-refractivity contribution >= 4 is 5.91 Å². The number of piperidine rings is 1. The van der Waals surface area contributed by atoms with Gasteiger partial charge >= 0.3 is 0 Å². The number of hydrogen-bond donors (Lipinski definition) is 0. The summed E-state index contributed by atoms with van der Waals surface area (Å²) in [7, 11) is 1.82. The van der Waals surface area contributed by atoms with Crippen molar-refractivity contribution in [1.82, 2.24) is 24.9 Å². The largest absolute Gasteiger partial charge is 0.425 e. The number of aromatic nitrogens is 4. The van der Waals surface area contributed by atoms with Crippen LogP contribution in [0.4, 0.5) is 0 Å². The van der Waals surface area contributed by atoms with Crippen LogP contribution in [0.1, 0.15) is 59.8 Å². The minimum absolute atomic E-state index is 0.0276. The van der Waals surface area contributed by atoms with Gasteiger partial charge in [-0.3, -0.25) is 9.48 Å². The van der Waals surface area contributed by atoms with Gasteiger partial charge in [0.2, 0.25) is 11.8 Å². The molecule has 2 fully saturated rings. The lowest BCUT2D eigenvalue weighted by Gasteiger charge is -2.30. The van der Waals surface area contributed by atoms with Gasteiger partial charge in [0.15, 0.2) is 0 Å². The summed E-state index contributed by atoms with van der Waals surface area (Å²) >= 11 is 0. The van der Waals surface area contributed by atoms with Gasteiger partial charge in [-0.15, -0.1) is 10.2 Å². The molecule has 144 valence electrons. The lowest BCUT2D eigenvalue weighted by molar-refractivity contribution is 0.0695. The summed E-state index contributed by atoms with van der Waals surface area (Å²) in [6, 6.07) is 11.8. The molecule has 2 aromatic heterocycles. The first kappa shape index (κ1) is 17.2. The molecule has 1 aromatic carbocycles. The van der Waals surface area contributed by atoms with E-state index in [0.717, 1.165) is 48.7 Å². The van der Waals surface area contributed by atoms with Crippen LogP contribution in [0, 0.1) is 0 Å². The zero-order valence-electron chi connectivity index (χ0n) is 15.9. The zero-order valence-corrected chi connectivity index (χ0v) is 15.9. The lowest BCUT2D eigenvalue weighted by Crippen LogP contribution is -2.38. The molecule has 3 heterocycles. The first-order chi connectivity index (χ1) is 13.7. The number of aryl methyl sites for hydroxylation is 1. The van der Waals surface area contributed by atoms with Gasteiger partial charge in [-0.2, -0.15) is 5.10 Å². The highest BCUT2D eigenvalue weighted by atomic mass is 16.4. The Labute approximate surface area is 163 Å². The number of likely N-dealkylation sites (tertiary alicyclic amines) is 1. The van der Waals surface area contributed by atoms with E-state index in [-0.39, 0.29) is 11.8 Å². The molecule has 3 aromatic rings. The Morgan fingerprint density at radius 2 is 1.64 bits per heavy atom. The minimum Gasteiger partial charge on any atom is -0.425 e. The molecule has 0 bridgehead atoms. The highest BCUT2D eigenvalue weighted by Gasteiger charge is 2.33. The van der Waals surface area contributed by atoms with E-state index in [1.807, 2.05) is 48.3 Å². The fraction of sp³-hybridized carbons (Fsp3) is 0.429. The van der Waals surface area contributed by atoms with Gasteiger partial charge in [-0.05, 0) is 31.7 Å². The van der Waals surface area contributed by atoms with Gasteiger partial charge in [-0.25, -0.2) is 0 Å². The van der Waals surface area contributed by atoms with Gasteiger partial charge < -0.3 is 9.32 Å². The van der Waals surface area contributed by atoms with Crippen LogP contribution in [0.15, 0.2) is 40.8 Å². The standard InChI is InChI=1S/C21H23N5O2/c1-25-18(13-17(24-25)14-5-3-2-4-6-14)21(27)26-11-9-16(10-12-26)20-23-22-19(28-20)15-7-8-15/h2-6,13,15-16H,7-12H2,1H3. The normalized spacial score (nSPS) is 17.8. The molecule has 0 unspecified atom stereocenters. The maximum atomic E-state index is 13.0. The van der Waals surface area contributed by atoms with Crippen molar-refractivity contribution in [2.75, 3.05) is 13.1 Å². The van der Waals surface area contributed by atoms with Crippen molar-refractivity contribution in [1.29, 1.82) is 0 Å². The van der Waals surface area contributed by atoms with E-state index in [0.29, 0.717) is 24.7 Å². The van der Waals surface area contributed by atoms with Crippen molar-refractivity contribution in [3.63, 3.8) is 0 Å². The van der Waals surface area contributed by atoms with Crippen molar-refractivity contribution in [3.8, 4) is 11.3 Å². The van der Waals surface area contributed by atoms with Gasteiger partial charge in [0.05, 0.1) is 5.69 Å². The number of carbonyl (C=O) groups is 1. The van der Waals surface area contributed by atoms with E-state index in [1.54, 1.807) is 4.68 Å². The Hall–Kier alpha value is -2.96. The first-order valence-electron chi connectivity index (χ1n) is 9.91. The second-order valence-corrected chi connectivity index (χ2v) is 7.72. The summed E-state index contributed by atoms with van der Waals surface area (Å²) < 4.78 is 7.54. The summed E-state index contributed by atoms with van der Waals surface area (Å²) in [5.41, 5.74) is 2.45. The van der Waals surface area contributed by atoms with Crippen LogP contribution in [-0.2, 0) is 7.05 Å². The average Bonchev–Trinajstić information content (AvgIpc) is 3.34. The lowest BCUT2D eigenvalue weighted by atomic mass is 9.96. The summed E-state index contributed by atoms with van der Waals surface area (Å²) in [4.78, 5) is 14.9. The number of benzene rings is 1. The molecular weight excluding hydrogens is 354 g/mol. The van der Waals surface area contributed by atoms with Gasteiger partial charge in [-0.1, -0.05) is 30.3 Å². The molecule has 1 amide bonds. The summed E-state index contributed by atoms with van der Waals surface area (Å²) in [5, 5.41) is 13.0. The fourth-order valence-electron chi connectivity index (χ4n) is 3.82. The van der Waals surface area contributed by atoms with Crippen molar-refractivity contribution in [2.45, 2.75) is 37.5 Å². The summed E-state index contributed by atoms with van der Waals surface area (Å²) in [6.07, 6.45) is 4.01. The zero-order chi connectivity index (χ0) is 19.1. The topological polar surface area (TPSA) is 77.1 Å². The Morgan fingerprint density at radius 3 is 2.29 bits per heavy atom. The van der Waals surface area contributed by atoms with Gasteiger partial charge in [0.25, 0.3) is 5.91 Å². The van der Waals surface area contributed by atoms with E-state index in [1.165, 1.54) is 0 Å². The van der Waals surface area contributed by atoms with Crippen molar-refractivity contribution < 1.29 is 9.21 Å². The maximum Gasteiger partial charge on any atom is 0.272 e. The third-order valence-corrected chi connectivity index (χ3v) is 5.68. The van der Waals surface area contributed by atoms with E-state index < -0.39 is 0 Å². The number of rotatable bonds is 4. The number of hydrogen-bond acceptors (Lipinski definition) is 5. The van der Waals surface area contributed by atoms with E-state index in [2.05, 4.69) is 15.3 Å². The van der Waals surface area contributed by atoms with E-state index in [4.69, 9.17) is 4.42 Å². The molecule has 1 saturated carbocycles. The molecule has 0 N–H and O–H groups in total. The predicted octanol–water partition coefficient (Wildman–Crippen LogP) is 3.37. The highest BCUT2D eigenvalue weighted by molar-refractivity contribution is 5.93. The molecule has 1 saturated heterocycles. The molecule has 7 nitrogen and oxygen atoms in total. The van der Waals surface area contributed by atoms with Crippen LogP contribution < -0.4 is 0 Å². The van der Waals surface area contributed by atoms with Crippen LogP contribution >= 0.6 is 0 Å². The Morgan fingerprint density at radius 1 is 1.00 bits per heavy atom. The van der Waals surface area contributed by atoms with Crippen LogP contribution in [0.2, 0.25) is 0 Å². The second kappa shape index (κ2) is 6.89. The van der Waals surface area contributed by atoms with Crippen LogP contribution in [0.25, 0.3) is 11.3 Å². The summed E-state index contributed by atoms with van der Waals surface area (Å²) in [6.45, 7) is 1.38. The monoisotopic (exact) mass is 377 g/mol. The van der Waals surface area contributed by atoms with Gasteiger partial charge in [0, 0.05) is 37.5 Å². The fourth-order valence-corrected chi connectivity index (χ4v) is 3.82. The predicted molar refractivity (Wildman–Crippen MR) is 103 cm³/mol. The Kier molecular flexibility index (Phi) is 4.22. The molecule has 1 aliphatic carbocycles. The quantitative estimate of drug-likeness (QED) is 0.697. The molecule has 0 spiro atoms. The highest BCUT2D eigenvalue weighted by Crippen LogP contribution is 2.40. The summed E-state index contributed by atoms with van der Waals surface area (Å²) in [5.74, 6) is 2.28. The molecule has 2 aliphatic rings. The van der Waals surface area contributed by atoms with Crippen LogP contribution in [-0.4, -0.2) is 43.9 Å². The van der Waals surface area contributed by atoms with E-state index in [9.17, 15) is 4.79 Å². The van der Waals surface area contributed by atoms with Crippen molar-refractivity contribution in [2.24, 2.45) is 7.05 Å². The molecule has 0 atom stereocenters. The van der Waals surface area contributed by atoms with E-state index >= 15 is 0 Å². The smallest absolute Gasteiger partial charge is 0.272 e. The second-order valence-electron chi connectivity index (χ2n) is 7.72. The third-order valence-electron chi connectivity index (χ3n) is 5.68. The molecule has 5 rings (SSSR count). The number of amides is 1. The molecular formula is C21H23N5O2. The maximum absolute atomic E-state index is 13.0. The molecule has 0 radical (unpaired) electrons. The Bertz CT molecular complexity index is 981. The van der Waals surface area contributed by atoms with Crippen molar-refractivity contribution in [3.05, 3.63) is 53.9 Å². The number of carbonyl (C=O) groups excluding carboxylic acids is 1. The first-order valence-corrected chi connectivity index (χ1v) is 9.91. The molecule has 1 aliphatic heterocycles. The number of nitrogens with zero attached hydrogens (tertiary/aromatic N) is 5. The Balaban J connectivity index is 1.26. The SMILES string of the molecule is Cn1nc(-c2ccccc2)cc1C(=O)N1CCC(c2nnc(C3CC3)o2)CC1. The average molecular weight is 377 g/mol.